The molecule has 1 aromatic rings. The molecule has 7 heteroatoms. The van der Waals surface area contributed by atoms with E-state index >= 15 is 0 Å². The molecule has 1 rings (SSSR count). The highest BCUT2D eigenvalue weighted by Gasteiger charge is 2.18. The molecule has 7 nitrogen and oxygen atoms in total. The number of nitrogens with zero attached hydrogens (tertiary/aromatic N) is 2. The van der Waals surface area contributed by atoms with Crippen LogP contribution >= 0.6 is 0 Å². The normalized spacial score (nSPS) is 13.1. The molecular weight excluding hydrogens is 248 g/mol. The molecule has 4 N–H and O–H groups in total. The molecule has 104 valence electrons. The smallest absolute Gasteiger partial charge is 0.255 e. The van der Waals surface area contributed by atoms with Gasteiger partial charge in [0.2, 0.25) is 5.56 Å². The third-order valence-corrected chi connectivity index (χ3v) is 2.81. The van der Waals surface area contributed by atoms with Crippen molar-refractivity contribution in [2.75, 3.05) is 13.1 Å². The Kier molecular flexibility index (Phi) is 5.11. The van der Waals surface area contributed by atoms with Crippen LogP contribution in [0.5, 0.6) is 0 Å². The molecule has 1 unspecified atom stereocenters. The van der Waals surface area contributed by atoms with Crippen molar-refractivity contribution in [2.45, 2.75) is 13.8 Å². The molecule has 0 aliphatic carbocycles. The summed E-state index contributed by atoms with van der Waals surface area (Å²) in [6.45, 7) is 4.42. The Balaban J connectivity index is 2.82. The molecule has 0 aliphatic heterocycles. The number of nitrogens with one attached hydrogen (secondary N) is 1. The van der Waals surface area contributed by atoms with Crippen LogP contribution in [0.4, 0.5) is 0 Å². The van der Waals surface area contributed by atoms with E-state index in [1.165, 1.54) is 18.3 Å². The van der Waals surface area contributed by atoms with Crippen LogP contribution in [0.15, 0.2) is 28.3 Å². The number of oxime groups is 1. The zero-order valence-corrected chi connectivity index (χ0v) is 11.0. The molecule has 0 aliphatic rings. The van der Waals surface area contributed by atoms with Crippen molar-refractivity contribution in [1.82, 2.24) is 9.88 Å². The van der Waals surface area contributed by atoms with E-state index in [0.29, 0.717) is 18.7 Å². The Morgan fingerprint density at radius 1 is 1.58 bits per heavy atom. The van der Waals surface area contributed by atoms with E-state index in [4.69, 9.17) is 10.9 Å². The van der Waals surface area contributed by atoms with E-state index in [1.807, 2.05) is 6.92 Å². The number of amides is 1. The molecule has 0 saturated carbocycles. The zero-order chi connectivity index (χ0) is 14.4. The second kappa shape index (κ2) is 6.58. The van der Waals surface area contributed by atoms with Gasteiger partial charge in [-0.15, -0.1) is 0 Å². The highest BCUT2D eigenvalue weighted by Crippen LogP contribution is 2.06. The number of aromatic amines is 1. The molecule has 0 fully saturated rings. The van der Waals surface area contributed by atoms with E-state index in [9.17, 15) is 9.59 Å². The molecule has 1 atom stereocenters. The number of nitrogens with two attached hydrogens (primary N) is 1. The Hall–Kier alpha value is -2.31. The van der Waals surface area contributed by atoms with Gasteiger partial charge in [0, 0.05) is 31.3 Å². The number of hydrogen-bond acceptors (Lipinski definition) is 4. The Labute approximate surface area is 110 Å². The molecule has 1 heterocycles. The van der Waals surface area contributed by atoms with Gasteiger partial charge in [0.25, 0.3) is 5.91 Å². The Bertz CT molecular complexity index is 503. The van der Waals surface area contributed by atoms with Crippen LogP contribution in [0, 0.1) is 5.92 Å². The van der Waals surface area contributed by atoms with E-state index in [0.717, 1.165) is 0 Å². The van der Waals surface area contributed by atoms with Crippen molar-refractivity contribution < 1.29 is 10.0 Å². The first-order valence-corrected chi connectivity index (χ1v) is 5.95. The van der Waals surface area contributed by atoms with Gasteiger partial charge in [-0.25, -0.2) is 0 Å². The first kappa shape index (κ1) is 14.7. The first-order valence-electron chi connectivity index (χ1n) is 5.95. The van der Waals surface area contributed by atoms with Crippen LogP contribution in [-0.2, 0) is 0 Å². The average molecular weight is 266 g/mol. The summed E-state index contributed by atoms with van der Waals surface area (Å²) in [5, 5.41) is 11.5. The zero-order valence-electron chi connectivity index (χ0n) is 11.0. The SMILES string of the molecule is CCN(CC(C)/C(N)=N/O)C(=O)c1ccc(=O)[nH]c1. The van der Waals surface area contributed by atoms with Crippen molar-refractivity contribution >= 4 is 11.7 Å². The maximum Gasteiger partial charge on any atom is 0.255 e. The van der Waals surface area contributed by atoms with E-state index in [1.54, 1.807) is 11.8 Å². The minimum atomic E-state index is -0.260. The maximum absolute atomic E-state index is 12.2. The van der Waals surface area contributed by atoms with Crippen LogP contribution in [0.2, 0.25) is 0 Å². The lowest BCUT2D eigenvalue weighted by Crippen LogP contribution is -2.38. The van der Waals surface area contributed by atoms with Crippen LogP contribution in [-0.4, -0.2) is 39.9 Å². The number of carbonyl (C=O) groups is 1. The molecule has 0 saturated heterocycles. The van der Waals surface area contributed by atoms with Crippen LogP contribution in [0.1, 0.15) is 24.2 Å². The molecule has 19 heavy (non-hydrogen) atoms. The Morgan fingerprint density at radius 2 is 2.26 bits per heavy atom. The minimum Gasteiger partial charge on any atom is -0.409 e. The van der Waals surface area contributed by atoms with Gasteiger partial charge >= 0.3 is 0 Å². The third kappa shape index (κ3) is 3.84. The van der Waals surface area contributed by atoms with Gasteiger partial charge in [-0.05, 0) is 13.0 Å². The van der Waals surface area contributed by atoms with Crippen molar-refractivity contribution in [3.63, 3.8) is 0 Å². The maximum atomic E-state index is 12.2. The third-order valence-electron chi connectivity index (χ3n) is 2.81. The van der Waals surface area contributed by atoms with Gasteiger partial charge in [0.05, 0.1) is 5.56 Å². The summed E-state index contributed by atoms with van der Waals surface area (Å²) in [4.78, 5) is 27.2. The summed E-state index contributed by atoms with van der Waals surface area (Å²) in [5.74, 6) is -0.388. The van der Waals surface area contributed by atoms with Crippen molar-refractivity contribution in [1.29, 1.82) is 0 Å². The van der Waals surface area contributed by atoms with Crippen LogP contribution < -0.4 is 11.3 Å². The van der Waals surface area contributed by atoms with Crippen molar-refractivity contribution in [3.05, 3.63) is 34.2 Å². The van der Waals surface area contributed by atoms with Gasteiger partial charge in [-0.2, -0.15) is 0 Å². The summed E-state index contributed by atoms with van der Waals surface area (Å²) in [5.41, 5.74) is 5.63. The fraction of sp³-hybridized carbons (Fsp3) is 0.417. The highest BCUT2D eigenvalue weighted by molar-refractivity contribution is 5.94. The number of aromatic nitrogens is 1. The van der Waals surface area contributed by atoms with Crippen molar-refractivity contribution in [3.8, 4) is 0 Å². The van der Waals surface area contributed by atoms with Crippen molar-refractivity contribution in [2.24, 2.45) is 16.8 Å². The predicted octanol–water partition coefficient (Wildman–Crippen LogP) is 0.219. The van der Waals surface area contributed by atoms with Gasteiger partial charge in [0.1, 0.15) is 5.84 Å². The van der Waals surface area contributed by atoms with Gasteiger partial charge in [-0.1, -0.05) is 12.1 Å². The van der Waals surface area contributed by atoms with Crippen LogP contribution in [0.3, 0.4) is 0 Å². The van der Waals surface area contributed by atoms with E-state index in [-0.39, 0.29) is 23.2 Å². The molecule has 0 aromatic carbocycles. The summed E-state index contributed by atoms with van der Waals surface area (Å²) < 4.78 is 0. The summed E-state index contributed by atoms with van der Waals surface area (Å²) in [7, 11) is 0. The number of hydrogen-bond donors (Lipinski definition) is 3. The quantitative estimate of drug-likeness (QED) is 0.306. The minimum absolute atomic E-state index is 0.0766. The van der Waals surface area contributed by atoms with Gasteiger partial charge in [0.15, 0.2) is 0 Å². The van der Waals surface area contributed by atoms with Gasteiger partial charge in [-0.3, -0.25) is 9.59 Å². The fourth-order valence-electron chi connectivity index (χ4n) is 1.60. The summed E-state index contributed by atoms with van der Waals surface area (Å²) in [6.07, 6.45) is 1.38. The highest BCUT2D eigenvalue weighted by atomic mass is 16.4. The van der Waals surface area contributed by atoms with E-state index < -0.39 is 0 Å². The molecule has 0 bridgehead atoms. The standard InChI is InChI=1S/C12H18N4O3/c1-3-16(7-8(2)11(13)15-19)12(18)9-4-5-10(17)14-6-9/h4-6,8,19H,3,7H2,1-2H3,(H2,13,15)(H,14,17). The molecular formula is C12H18N4O3. The molecule has 0 spiro atoms. The average Bonchev–Trinajstić information content (AvgIpc) is 2.43. The second-order valence-electron chi connectivity index (χ2n) is 4.21. The number of amidine groups is 1. The summed E-state index contributed by atoms with van der Waals surface area (Å²) >= 11 is 0. The van der Waals surface area contributed by atoms with Gasteiger partial charge < -0.3 is 20.8 Å². The lowest BCUT2D eigenvalue weighted by molar-refractivity contribution is 0.0753. The number of rotatable bonds is 5. The topological polar surface area (TPSA) is 112 Å². The van der Waals surface area contributed by atoms with E-state index in [2.05, 4.69) is 10.1 Å². The number of H-pyrrole nitrogens is 1. The molecule has 0 radical (unpaired) electrons. The molecule has 1 aromatic heterocycles. The lowest BCUT2D eigenvalue weighted by Gasteiger charge is -2.24. The molecule has 1 amide bonds. The second-order valence-corrected chi connectivity index (χ2v) is 4.21. The lowest BCUT2D eigenvalue weighted by atomic mass is 10.1. The fourth-order valence-corrected chi connectivity index (χ4v) is 1.60. The Morgan fingerprint density at radius 3 is 2.74 bits per heavy atom. The monoisotopic (exact) mass is 266 g/mol. The summed E-state index contributed by atoms with van der Waals surface area (Å²) in [6, 6.07) is 2.77. The number of pyridine rings is 1. The largest absolute Gasteiger partial charge is 0.409 e. The first-order chi connectivity index (χ1) is 8.99. The van der Waals surface area contributed by atoms with Crippen LogP contribution in [0.25, 0.3) is 0 Å². The number of carbonyl (C=O) groups excluding carboxylic acids is 1. The predicted molar refractivity (Wildman–Crippen MR) is 71.2 cm³/mol.